The van der Waals surface area contributed by atoms with E-state index in [1.807, 2.05) is 30.3 Å². The molecule has 1 N–H and O–H groups in total. The standard InChI is InChI=1S/C17H26N2O2/c1-3-11-19(15-9-10-18-12-15)13-16(17(20)21-2)14-7-5-4-6-8-14/h4-8,15-16,18H,3,9-13H2,1-2H3. The maximum Gasteiger partial charge on any atom is 0.314 e. The van der Waals surface area contributed by atoms with E-state index in [-0.39, 0.29) is 11.9 Å². The molecular weight excluding hydrogens is 264 g/mol. The van der Waals surface area contributed by atoms with Crippen molar-refractivity contribution in [2.24, 2.45) is 0 Å². The lowest BCUT2D eigenvalue weighted by atomic mass is 9.97. The van der Waals surface area contributed by atoms with Gasteiger partial charge in [0.05, 0.1) is 13.0 Å². The minimum atomic E-state index is -0.205. The van der Waals surface area contributed by atoms with Crippen molar-refractivity contribution in [1.29, 1.82) is 0 Å². The summed E-state index contributed by atoms with van der Waals surface area (Å²) in [5, 5.41) is 3.41. The van der Waals surface area contributed by atoms with Crippen LogP contribution in [-0.4, -0.2) is 50.2 Å². The average molecular weight is 290 g/mol. The third kappa shape index (κ3) is 4.29. The molecule has 1 aromatic rings. The molecule has 21 heavy (non-hydrogen) atoms. The van der Waals surface area contributed by atoms with Crippen LogP contribution in [0.4, 0.5) is 0 Å². The first kappa shape index (κ1) is 16.0. The monoisotopic (exact) mass is 290 g/mol. The second-order valence-electron chi connectivity index (χ2n) is 5.63. The SMILES string of the molecule is CCCN(CC(C(=O)OC)c1ccccc1)C1CCNC1. The van der Waals surface area contributed by atoms with Crippen LogP contribution in [0.3, 0.4) is 0 Å². The van der Waals surface area contributed by atoms with Gasteiger partial charge in [-0.15, -0.1) is 0 Å². The van der Waals surface area contributed by atoms with E-state index in [0.29, 0.717) is 6.04 Å². The summed E-state index contributed by atoms with van der Waals surface area (Å²) in [5.74, 6) is -0.350. The van der Waals surface area contributed by atoms with E-state index in [0.717, 1.165) is 44.6 Å². The van der Waals surface area contributed by atoms with Crippen molar-refractivity contribution in [2.45, 2.75) is 31.7 Å². The van der Waals surface area contributed by atoms with Gasteiger partial charge in [-0.1, -0.05) is 37.3 Å². The van der Waals surface area contributed by atoms with Crippen LogP contribution in [0, 0.1) is 0 Å². The molecule has 0 aliphatic carbocycles. The maximum atomic E-state index is 12.2. The van der Waals surface area contributed by atoms with Gasteiger partial charge in [-0.25, -0.2) is 0 Å². The number of esters is 1. The molecule has 1 saturated heterocycles. The lowest BCUT2D eigenvalue weighted by molar-refractivity contribution is -0.143. The Morgan fingerprint density at radius 1 is 1.43 bits per heavy atom. The van der Waals surface area contributed by atoms with Gasteiger partial charge in [0.25, 0.3) is 0 Å². The lowest BCUT2D eigenvalue weighted by Gasteiger charge is -2.31. The average Bonchev–Trinajstić information content (AvgIpc) is 3.06. The van der Waals surface area contributed by atoms with Crippen LogP contribution < -0.4 is 5.32 Å². The van der Waals surface area contributed by atoms with Crippen LogP contribution in [0.5, 0.6) is 0 Å². The molecule has 116 valence electrons. The number of ether oxygens (including phenoxy) is 1. The zero-order valence-corrected chi connectivity index (χ0v) is 13.0. The summed E-state index contributed by atoms with van der Waals surface area (Å²) in [6.45, 7) is 6.02. The molecule has 2 atom stereocenters. The second kappa shape index (κ2) is 8.15. The number of carbonyl (C=O) groups excluding carboxylic acids is 1. The molecule has 0 saturated carbocycles. The Hall–Kier alpha value is -1.39. The Morgan fingerprint density at radius 3 is 2.76 bits per heavy atom. The summed E-state index contributed by atoms with van der Waals surface area (Å²) < 4.78 is 5.03. The van der Waals surface area contributed by atoms with E-state index in [4.69, 9.17) is 4.74 Å². The Morgan fingerprint density at radius 2 is 2.19 bits per heavy atom. The van der Waals surface area contributed by atoms with Crippen LogP contribution in [0.2, 0.25) is 0 Å². The van der Waals surface area contributed by atoms with Crippen LogP contribution in [0.15, 0.2) is 30.3 Å². The summed E-state index contributed by atoms with van der Waals surface area (Å²) >= 11 is 0. The molecule has 4 nitrogen and oxygen atoms in total. The molecule has 0 spiro atoms. The van der Waals surface area contributed by atoms with Gasteiger partial charge < -0.3 is 10.1 Å². The molecule has 1 heterocycles. The van der Waals surface area contributed by atoms with E-state index < -0.39 is 0 Å². The van der Waals surface area contributed by atoms with E-state index in [9.17, 15) is 4.79 Å². The fraction of sp³-hybridized carbons (Fsp3) is 0.588. The molecule has 1 aliphatic heterocycles. The van der Waals surface area contributed by atoms with Gasteiger partial charge in [0.1, 0.15) is 0 Å². The highest BCUT2D eigenvalue weighted by atomic mass is 16.5. The number of hydrogen-bond acceptors (Lipinski definition) is 4. The first-order chi connectivity index (χ1) is 10.3. The zero-order valence-electron chi connectivity index (χ0n) is 13.0. The van der Waals surface area contributed by atoms with Gasteiger partial charge >= 0.3 is 5.97 Å². The van der Waals surface area contributed by atoms with E-state index >= 15 is 0 Å². The molecular formula is C17H26N2O2. The predicted octanol–water partition coefficient (Wildman–Crippen LogP) is 2.02. The molecule has 2 unspecified atom stereocenters. The largest absolute Gasteiger partial charge is 0.469 e. The summed E-state index contributed by atoms with van der Waals surface area (Å²) in [6.07, 6.45) is 2.25. The van der Waals surface area contributed by atoms with Crippen LogP contribution >= 0.6 is 0 Å². The maximum absolute atomic E-state index is 12.2. The minimum Gasteiger partial charge on any atom is -0.469 e. The molecule has 4 heteroatoms. The van der Waals surface area contributed by atoms with Gasteiger partial charge in [0.15, 0.2) is 0 Å². The number of hydrogen-bond donors (Lipinski definition) is 1. The highest BCUT2D eigenvalue weighted by molar-refractivity contribution is 5.78. The van der Waals surface area contributed by atoms with Gasteiger partial charge in [0.2, 0.25) is 0 Å². The fourth-order valence-corrected chi connectivity index (χ4v) is 3.04. The number of nitrogens with zero attached hydrogens (tertiary/aromatic N) is 1. The van der Waals surface area contributed by atoms with Gasteiger partial charge in [0, 0.05) is 19.1 Å². The third-order valence-electron chi connectivity index (χ3n) is 4.17. The van der Waals surface area contributed by atoms with Gasteiger partial charge in [-0.3, -0.25) is 9.69 Å². The van der Waals surface area contributed by atoms with Crippen LogP contribution in [0.25, 0.3) is 0 Å². The predicted molar refractivity (Wildman–Crippen MR) is 84.3 cm³/mol. The molecule has 0 amide bonds. The van der Waals surface area contributed by atoms with E-state index in [1.165, 1.54) is 7.11 Å². The van der Waals surface area contributed by atoms with Gasteiger partial charge in [-0.05, 0) is 31.5 Å². The number of rotatable bonds is 7. The van der Waals surface area contributed by atoms with Gasteiger partial charge in [-0.2, -0.15) is 0 Å². The zero-order chi connectivity index (χ0) is 15.1. The number of carbonyl (C=O) groups is 1. The van der Waals surface area contributed by atoms with Crippen molar-refractivity contribution < 1.29 is 9.53 Å². The summed E-state index contributed by atoms with van der Waals surface area (Å²) in [5.41, 5.74) is 1.04. The third-order valence-corrected chi connectivity index (χ3v) is 4.17. The van der Waals surface area contributed by atoms with E-state index in [1.54, 1.807) is 0 Å². The van der Waals surface area contributed by atoms with Crippen molar-refractivity contribution in [1.82, 2.24) is 10.2 Å². The molecule has 1 aliphatic rings. The quantitative estimate of drug-likeness (QED) is 0.780. The molecule has 0 aromatic heterocycles. The number of benzene rings is 1. The molecule has 2 rings (SSSR count). The van der Waals surface area contributed by atoms with Crippen molar-refractivity contribution in [2.75, 3.05) is 33.3 Å². The van der Waals surface area contributed by atoms with Crippen molar-refractivity contribution in [3.05, 3.63) is 35.9 Å². The molecule has 0 bridgehead atoms. The van der Waals surface area contributed by atoms with E-state index in [2.05, 4.69) is 17.1 Å². The Balaban J connectivity index is 2.13. The summed E-state index contributed by atoms with van der Waals surface area (Å²) in [7, 11) is 1.47. The van der Waals surface area contributed by atoms with Crippen molar-refractivity contribution in [3.63, 3.8) is 0 Å². The summed E-state index contributed by atoms with van der Waals surface area (Å²) in [4.78, 5) is 14.6. The van der Waals surface area contributed by atoms with Crippen LogP contribution in [-0.2, 0) is 9.53 Å². The highest BCUT2D eigenvalue weighted by Gasteiger charge is 2.29. The Bertz CT molecular complexity index is 430. The normalized spacial score (nSPS) is 19.7. The van der Waals surface area contributed by atoms with Crippen molar-refractivity contribution in [3.8, 4) is 0 Å². The molecule has 0 radical (unpaired) electrons. The smallest absolute Gasteiger partial charge is 0.314 e. The number of methoxy groups -OCH3 is 1. The first-order valence-electron chi connectivity index (χ1n) is 7.83. The molecule has 1 fully saturated rings. The minimum absolute atomic E-state index is 0.145. The highest BCUT2D eigenvalue weighted by Crippen LogP contribution is 2.21. The summed E-state index contributed by atoms with van der Waals surface area (Å²) in [6, 6.07) is 10.5. The lowest BCUT2D eigenvalue weighted by Crippen LogP contribution is -2.41. The second-order valence-corrected chi connectivity index (χ2v) is 5.63. The van der Waals surface area contributed by atoms with Crippen LogP contribution in [0.1, 0.15) is 31.2 Å². The number of nitrogens with one attached hydrogen (secondary N) is 1. The Labute approximate surface area is 127 Å². The fourth-order valence-electron chi connectivity index (χ4n) is 3.04. The first-order valence-corrected chi connectivity index (χ1v) is 7.83. The van der Waals surface area contributed by atoms with Crippen molar-refractivity contribution >= 4 is 5.97 Å². The Kier molecular flexibility index (Phi) is 6.21. The molecule has 1 aromatic carbocycles. The topological polar surface area (TPSA) is 41.6 Å².